The number of carbonyl (C=O) groups is 2. The van der Waals surface area contributed by atoms with Crippen LogP contribution in [0.4, 0.5) is 0 Å². The Hall–Kier alpha value is -2.19. The van der Waals surface area contributed by atoms with Gasteiger partial charge in [-0.3, -0.25) is 4.79 Å². The number of benzene rings is 1. The molecule has 0 spiro atoms. The molecule has 0 bridgehead atoms. The first-order chi connectivity index (χ1) is 11.8. The van der Waals surface area contributed by atoms with Gasteiger partial charge >= 0.3 is 5.97 Å². The number of carboxylic acids is 1. The Morgan fingerprint density at radius 1 is 1.16 bits per heavy atom. The van der Waals surface area contributed by atoms with Crippen LogP contribution in [-0.2, 0) is 14.6 Å². The van der Waals surface area contributed by atoms with Crippen LogP contribution in [0.2, 0.25) is 0 Å². The number of carbonyl (C=O) groups excluding carboxylic acids is 1. The molecular weight excluding hydrogens is 362 g/mol. The Balaban J connectivity index is 1.90. The van der Waals surface area contributed by atoms with E-state index < -0.39 is 27.8 Å². The molecule has 1 heterocycles. The maximum atomic E-state index is 12.7. The molecule has 6 nitrogen and oxygen atoms in total. The molecule has 1 saturated carbocycles. The van der Waals surface area contributed by atoms with Gasteiger partial charge in [0.1, 0.15) is 10.3 Å². The maximum Gasteiger partial charge on any atom is 0.326 e. The molecule has 25 heavy (non-hydrogen) atoms. The molecule has 1 aliphatic rings. The summed E-state index contributed by atoms with van der Waals surface area (Å²) in [5.41, 5.74) is 0. The first-order valence-corrected chi connectivity index (χ1v) is 10.1. The minimum absolute atomic E-state index is 0.0702. The third-order valence-corrected chi connectivity index (χ3v) is 7.39. The van der Waals surface area contributed by atoms with E-state index in [2.05, 4.69) is 0 Å². The van der Waals surface area contributed by atoms with E-state index in [0.29, 0.717) is 0 Å². The molecule has 1 atom stereocenters. The highest BCUT2D eigenvalue weighted by atomic mass is 32.2. The molecule has 0 aliphatic heterocycles. The van der Waals surface area contributed by atoms with Crippen LogP contribution < -0.4 is 0 Å². The van der Waals surface area contributed by atoms with Gasteiger partial charge in [-0.15, -0.1) is 11.3 Å². The van der Waals surface area contributed by atoms with Crippen LogP contribution in [0, 0.1) is 0 Å². The van der Waals surface area contributed by atoms with Crippen molar-refractivity contribution in [3.05, 3.63) is 47.3 Å². The average molecular weight is 379 g/mol. The van der Waals surface area contributed by atoms with Gasteiger partial charge in [-0.1, -0.05) is 18.2 Å². The minimum Gasteiger partial charge on any atom is -0.480 e. The minimum atomic E-state index is -3.69. The third kappa shape index (κ3) is 3.45. The standard InChI is InChI=1S/C17H17NO5S2/c1-11(17(20)21)18(12-7-8-12)16(19)14-9-10-15(24-14)25(22,23)13-5-3-2-4-6-13/h2-6,9-12H,7-8H2,1H3,(H,20,21). The van der Waals surface area contributed by atoms with Gasteiger partial charge in [0.2, 0.25) is 9.84 Å². The fourth-order valence-corrected chi connectivity index (χ4v) is 5.23. The van der Waals surface area contributed by atoms with E-state index in [1.165, 1.54) is 36.1 Å². The largest absolute Gasteiger partial charge is 0.480 e. The van der Waals surface area contributed by atoms with Crippen molar-refractivity contribution in [3.8, 4) is 0 Å². The average Bonchev–Trinajstić information content (AvgIpc) is 3.29. The van der Waals surface area contributed by atoms with Gasteiger partial charge < -0.3 is 10.0 Å². The van der Waals surface area contributed by atoms with Crippen molar-refractivity contribution in [2.75, 3.05) is 0 Å². The zero-order valence-electron chi connectivity index (χ0n) is 13.5. The molecule has 1 aromatic heterocycles. The summed E-state index contributed by atoms with van der Waals surface area (Å²) < 4.78 is 25.3. The highest BCUT2D eigenvalue weighted by molar-refractivity contribution is 7.93. The van der Waals surface area contributed by atoms with Gasteiger partial charge in [0.05, 0.1) is 9.77 Å². The first kappa shape index (κ1) is 17.6. The van der Waals surface area contributed by atoms with Crippen molar-refractivity contribution in [1.29, 1.82) is 0 Å². The summed E-state index contributed by atoms with van der Waals surface area (Å²) in [7, 11) is -3.69. The van der Waals surface area contributed by atoms with Gasteiger partial charge in [0.15, 0.2) is 0 Å². The van der Waals surface area contributed by atoms with E-state index in [-0.39, 0.29) is 20.0 Å². The van der Waals surface area contributed by atoms with Crippen molar-refractivity contribution in [2.45, 2.75) is 41.0 Å². The van der Waals surface area contributed by atoms with Crippen LogP contribution in [0.3, 0.4) is 0 Å². The smallest absolute Gasteiger partial charge is 0.326 e. The lowest BCUT2D eigenvalue weighted by molar-refractivity contribution is -0.141. The number of nitrogens with zero attached hydrogens (tertiary/aromatic N) is 1. The SMILES string of the molecule is CC(C(=O)O)N(C(=O)c1ccc(S(=O)(=O)c2ccccc2)s1)C1CC1. The summed E-state index contributed by atoms with van der Waals surface area (Å²) in [6.07, 6.45) is 1.54. The summed E-state index contributed by atoms with van der Waals surface area (Å²) in [4.78, 5) is 25.7. The number of hydrogen-bond acceptors (Lipinski definition) is 5. The molecule has 1 amide bonds. The van der Waals surface area contributed by atoms with Crippen LogP contribution in [0.15, 0.2) is 51.6 Å². The summed E-state index contributed by atoms with van der Waals surface area (Å²) in [5.74, 6) is -1.51. The third-order valence-electron chi connectivity index (χ3n) is 4.06. The molecule has 0 saturated heterocycles. The van der Waals surface area contributed by atoms with E-state index in [1.54, 1.807) is 18.2 Å². The Morgan fingerprint density at radius 2 is 1.80 bits per heavy atom. The van der Waals surface area contributed by atoms with Gasteiger partial charge in [0, 0.05) is 6.04 Å². The van der Waals surface area contributed by atoms with E-state index in [4.69, 9.17) is 0 Å². The zero-order chi connectivity index (χ0) is 18.2. The normalized spacial score (nSPS) is 15.6. The van der Waals surface area contributed by atoms with E-state index in [9.17, 15) is 23.1 Å². The highest BCUT2D eigenvalue weighted by Gasteiger charge is 2.39. The van der Waals surface area contributed by atoms with Crippen LogP contribution in [0.5, 0.6) is 0 Å². The molecule has 1 aliphatic carbocycles. The Morgan fingerprint density at radius 3 is 2.36 bits per heavy atom. The van der Waals surface area contributed by atoms with Gasteiger partial charge in [-0.25, -0.2) is 13.2 Å². The van der Waals surface area contributed by atoms with Gasteiger partial charge in [-0.2, -0.15) is 0 Å². The van der Waals surface area contributed by atoms with Crippen molar-refractivity contribution >= 4 is 33.1 Å². The van der Waals surface area contributed by atoms with Crippen molar-refractivity contribution in [2.24, 2.45) is 0 Å². The lowest BCUT2D eigenvalue weighted by atomic mass is 10.2. The Kier molecular flexibility index (Phi) is 4.66. The van der Waals surface area contributed by atoms with Crippen molar-refractivity contribution in [3.63, 3.8) is 0 Å². The van der Waals surface area contributed by atoms with Crippen LogP contribution in [0.1, 0.15) is 29.4 Å². The molecule has 8 heteroatoms. The number of sulfone groups is 1. The second-order valence-electron chi connectivity index (χ2n) is 5.89. The lowest BCUT2D eigenvalue weighted by Crippen LogP contribution is -2.44. The molecule has 1 fully saturated rings. The molecule has 3 rings (SSSR count). The molecule has 132 valence electrons. The Labute approximate surface area is 149 Å². The van der Waals surface area contributed by atoms with Crippen molar-refractivity contribution in [1.82, 2.24) is 4.90 Å². The fourth-order valence-electron chi connectivity index (χ4n) is 2.55. The van der Waals surface area contributed by atoms with E-state index in [1.807, 2.05) is 0 Å². The summed E-state index contributed by atoms with van der Waals surface area (Å²) >= 11 is 0.873. The fraction of sp³-hybridized carbons (Fsp3) is 0.294. The quantitative estimate of drug-likeness (QED) is 0.833. The second kappa shape index (κ2) is 6.61. The predicted molar refractivity (Wildman–Crippen MR) is 92.5 cm³/mol. The number of aliphatic carboxylic acids is 1. The van der Waals surface area contributed by atoms with Gasteiger partial charge in [-0.05, 0) is 44.0 Å². The van der Waals surface area contributed by atoms with Crippen LogP contribution in [-0.4, -0.2) is 42.4 Å². The zero-order valence-corrected chi connectivity index (χ0v) is 15.1. The lowest BCUT2D eigenvalue weighted by Gasteiger charge is -2.25. The van der Waals surface area contributed by atoms with E-state index >= 15 is 0 Å². The predicted octanol–water partition coefficient (Wildman–Crippen LogP) is 2.66. The molecule has 0 radical (unpaired) electrons. The topological polar surface area (TPSA) is 91.8 Å². The second-order valence-corrected chi connectivity index (χ2v) is 9.15. The summed E-state index contributed by atoms with van der Waals surface area (Å²) in [5, 5.41) is 9.22. The molecule has 1 N–H and O–H groups in total. The molecule has 2 aromatic rings. The number of amides is 1. The van der Waals surface area contributed by atoms with Crippen LogP contribution in [0.25, 0.3) is 0 Å². The van der Waals surface area contributed by atoms with E-state index in [0.717, 1.165) is 24.2 Å². The van der Waals surface area contributed by atoms with Crippen LogP contribution >= 0.6 is 11.3 Å². The first-order valence-electron chi connectivity index (χ1n) is 7.78. The van der Waals surface area contributed by atoms with Gasteiger partial charge in [0.25, 0.3) is 5.91 Å². The number of carboxylic acid groups (broad SMARTS) is 1. The Bertz CT molecular complexity index is 900. The number of hydrogen-bond donors (Lipinski definition) is 1. The number of rotatable bonds is 6. The highest BCUT2D eigenvalue weighted by Crippen LogP contribution is 2.33. The molecule has 1 unspecified atom stereocenters. The monoisotopic (exact) mass is 379 g/mol. The molecule has 1 aromatic carbocycles. The summed E-state index contributed by atoms with van der Waals surface area (Å²) in [6.45, 7) is 1.47. The maximum absolute atomic E-state index is 12.7. The molecular formula is C17H17NO5S2. The van der Waals surface area contributed by atoms with Crippen molar-refractivity contribution < 1.29 is 23.1 Å². The number of thiophene rings is 1. The summed E-state index contributed by atoms with van der Waals surface area (Å²) in [6, 6.07) is 9.81.